The van der Waals surface area contributed by atoms with Gasteiger partial charge in [-0.25, -0.2) is 4.90 Å². The number of thioether (sulfide) groups is 1. The van der Waals surface area contributed by atoms with E-state index in [0.29, 0.717) is 23.1 Å². The smallest absolute Gasteiger partial charge is 0.247 e. The average Bonchev–Trinajstić information content (AvgIpc) is 2.82. The Labute approximate surface area is 140 Å². The molecule has 1 aromatic carbocycles. The second kappa shape index (κ2) is 8.01. The predicted octanol–water partition coefficient (Wildman–Crippen LogP) is 2.05. The van der Waals surface area contributed by atoms with E-state index in [-0.39, 0.29) is 18.2 Å². The molecule has 1 heterocycles. The van der Waals surface area contributed by atoms with Crippen LogP contribution in [0.2, 0.25) is 0 Å². The number of nitrogens with one attached hydrogen (secondary N) is 1. The molecule has 1 aromatic rings. The van der Waals surface area contributed by atoms with Crippen molar-refractivity contribution in [2.24, 2.45) is 4.99 Å². The summed E-state index contributed by atoms with van der Waals surface area (Å²) in [7, 11) is 1.55. The first-order valence-electron chi connectivity index (χ1n) is 7.56. The van der Waals surface area contributed by atoms with E-state index < -0.39 is 5.25 Å². The molecular weight excluding hydrogens is 314 g/mol. The van der Waals surface area contributed by atoms with Gasteiger partial charge in [0.2, 0.25) is 11.8 Å². The van der Waals surface area contributed by atoms with Crippen molar-refractivity contribution in [2.45, 2.75) is 25.5 Å². The highest BCUT2D eigenvalue weighted by molar-refractivity contribution is 8.15. The predicted molar refractivity (Wildman–Crippen MR) is 93.1 cm³/mol. The van der Waals surface area contributed by atoms with E-state index in [9.17, 15) is 9.59 Å². The van der Waals surface area contributed by atoms with Gasteiger partial charge in [-0.2, -0.15) is 0 Å². The molecule has 0 radical (unpaired) electrons. The SMILES string of the molecule is CCN=C(NCC)S[C@H]1CC(=O)N(c2cccc(OC)c2)C1=O. The Morgan fingerprint density at radius 3 is 2.87 bits per heavy atom. The van der Waals surface area contributed by atoms with Gasteiger partial charge < -0.3 is 10.1 Å². The number of nitrogens with zero attached hydrogens (tertiary/aromatic N) is 2. The molecule has 0 aromatic heterocycles. The van der Waals surface area contributed by atoms with Crippen molar-refractivity contribution in [3.8, 4) is 5.75 Å². The van der Waals surface area contributed by atoms with Crippen LogP contribution >= 0.6 is 11.8 Å². The highest BCUT2D eigenvalue weighted by Crippen LogP contribution is 2.31. The zero-order valence-electron chi connectivity index (χ0n) is 13.5. The summed E-state index contributed by atoms with van der Waals surface area (Å²) in [5, 5.41) is 3.39. The Morgan fingerprint density at radius 2 is 2.22 bits per heavy atom. The molecule has 0 aliphatic carbocycles. The number of methoxy groups -OCH3 is 1. The van der Waals surface area contributed by atoms with Crippen molar-refractivity contribution in [3.05, 3.63) is 24.3 Å². The minimum Gasteiger partial charge on any atom is -0.497 e. The standard InChI is InChI=1S/C16H21N3O3S/c1-4-17-16(18-5-2)23-13-10-14(20)19(15(13)21)11-7-6-8-12(9-11)22-3/h6-9,13H,4-5,10H2,1-3H3,(H,17,18)/t13-/m0/s1. The van der Waals surface area contributed by atoms with Crippen molar-refractivity contribution < 1.29 is 14.3 Å². The summed E-state index contributed by atoms with van der Waals surface area (Å²) in [6, 6.07) is 6.96. The molecule has 0 saturated carbocycles. The molecular formula is C16H21N3O3S. The summed E-state index contributed by atoms with van der Waals surface area (Å²) in [4.78, 5) is 30.5. The maximum atomic E-state index is 12.6. The van der Waals surface area contributed by atoms with E-state index in [0.717, 1.165) is 6.54 Å². The number of carbonyl (C=O) groups excluding carboxylic acids is 2. The molecule has 124 valence electrons. The second-order valence-corrected chi connectivity index (χ2v) is 6.08. The maximum Gasteiger partial charge on any atom is 0.247 e. The third kappa shape index (κ3) is 4.04. The lowest BCUT2D eigenvalue weighted by atomic mass is 10.3. The first-order chi connectivity index (χ1) is 11.1. The van der Waals surface area contributed by atoms with Gasteiger partial charge in [0.25, 0.3) is 0 Å². The van der Waals surface area contributed by atoms with Crippen molar-refractivity contribution in [3.63, 3.8) is 0 Å². The fraction of sp³-hybridized carbons (Fsp3) is 0.438. The van der Waals surface area contributed by atoms with Gasteiger partial charge in [0.1, 0.15) is 11.0 Å². The number of carbonyl (C=O) groups is 2. The van der Waals surface area contributed by atoms with Crippen molar-refractivity contribution in [1.29, 1.82) is 0 Å². The number of rotatable bonds is 5. The van der Waals surface area contributed by atoms with Crippen LogP contribution in [0.1, 0.15) is 20.3 Å². The molecule has 2 rings (SSSR count). The molecule has 0 unspecified atom stereocenters. The van der Waals surface area contributed by atoms with Crippen LogP contribution in [0.3, 0.4) is 0 Å². The molecule has 1 saturated heterocycles. The Kier molecular flexibility index (Phi) is 6.04. The summed E-state index contributed by atoms with van der Waals surface area (Å²) in [6.07, 6.45) is 0.175. The number of imide groups is 1. The molecule has 0 bridgehead atoms. The van der Waals surface area contributed by atoms with E-state index >= 15 is 0 Å². The van der Waals surface area contributed by atoms with Crippen LogP contribution < -0.4 is 15.0 Å². The van der Waals surface area contributed by atoms with Gasteiger partial charge in [-0.3, -0.25) is 14.6 Å². The maximum absolute atomic E-state index is 12.6. The normalized spacial score (nSPS) is 18.5. The van der Waals surface area contributed by atoms with Crippen LogP contribution in [0.15, 0.2) is 29.3 Å². The van der Waals surface area contributed by atoms with Gasteiger partial charge in [0.15, 0.2) is 5.17 Å². The minimum absolute atomic E-state index is 0.175. The van der Waals surface area contributed by atoms with Crippen LogP contribution in [0.5, 0.6) is 5.75 Å². The van der Waals surface area contributed by atoms with Gasteiger partial charge in [0, 0.05) is 25.6 Å². The fourth-order valence-electron chi connectivity index (χ4n) is 2.28. The summed E-state index contributed by atoms with van der Waals surface area (Å²) in [6.45, 7) is 5.25. The van der Waals surface area contributed by atoms with Crippen LogP contribution in [-0.4, -0.2) is 42.4 Å². The molecule has 7 heteroatoms. The Morgan fingerprint density at radius 1 is 1.43 bits per heavy atom. The van der Waals surface area contributed by atoms with Gasteiger partial charge in [-0.05, 0) is 26.0 Å². The van der Waals surface area contributed by atoms with Crippen molar-refractivity contribution in [2.75, 3.05) is 25.1 Å². The van der Waals surface area contributed by atoms with E-state index in [2.05, 4.69) is 10.3 Å². The van der Waals surface area contributed by atoms with Crippen LogP contribution in [0.4, 0.5) is 5.69 Å². The average molecular weight is 335 g/mol. The molecule has 1 N–H and O–H groups in total. The number of hydrogen-bond acceptors (Lipinski definition) is 5. The number of amidine groups is 1. The van der Waals surface area contributed by atoms with Gasteiger partial charge in [-0.1, -0.05) is 17.8 Å². The van der Waals surface area contributed by atoms with Crippen LogP contribution in [0.25, 0.3) is 0 Å². The molecule has 2 amide bonds. The number of aliphatic imine (C=N–C) groups is 1. The lowest BCUT2D eigenvalue weighted by Gasteiger charge is -2.16. The number of benzene rings is 1. The highest BCUT2D eigenvalue weighted by atomic mass is 32.2. The van der Waals surface area contributed by atoms with Crippen molar-refractivity contribution >= 4 is 34.4 Å². The second-order valence-electron chi connectivity index (χ2n) is 4.89. The van der Waals surface area contributed by atoms with Crippen molar-refractivity contribution in [1.82, 2.24) is 5.32 Å². The van der Waals surface area contributed by atoms with E-state index in [1.807, 2.05) is 13.8 Å². The Hall–Kier alpha value is -2.02. The lowest BCUT2D eigenvalue weighted by Crippen LogP contribution is -2.32. The first kappa shape index (κ1) is 17.3. The highest BCUT2D eigenvalue weighted by Gasteiger charge is 2.40. The van der Waals surface area contributed by atoms with E-state index in [4.69, 9.17) is 4.74 Å². The third-order valence-corrected chi connectivity index (χ3v) is 4.45. The van der Waals surface area contributed by atoms with E-state index in [1.165, 1.54) is 16.7 Å². The minimum atomic E-state index is -0.446. The number of amides is 2. The van der Waals surface area contributed by atoms with Gasteiger partial charge >= 0.3 is 0 Å². The van der Waals surface area contributed by atoms with Gasteiger partial charge in [-0.15, -0.1) is 0 Å². The van der Waals surface area contributed by atoms with E-state index in [1.54, 1.807) is 31.4 Å². The molecule has 1 fully saturated rings. The summed E-state index contributed by atoms with van der Waals surface area (Å²) in [5.41, 5.74) is 0.542. The topological polar surface area (TPSA) is 71.0 Å². The van der Waals surface area contributed by atoms with Crippen LogP contribution in [-0.2, 0) is 9.59 Å². The number of hydrogen-bond donors (Lipinski definition) is 1. The molecule has 1 aliphatic rings. The monoisotopic (exact) mass is 335 g/mol. The summed E-state index contributed by atoms with van der Waals surface area (Å²) in [5.74, 6) is 0.197. The molecule has 1 aliphatic heterocycles. The zero-order valence-corrected chi connectivity index (χ0v) is 14.4. The number of anilines is 1. The molecule has 6 nitrogen and oxygen atoms in total. The zero-order chi connectivity index (χ0) is 16.8. The lowest BCUT2D eigenvalue weighted by molar-refractivity contribution is -0.121. The quantitative estimate of drug-likeness (QED) is 0.506. The first-order valence-corrected chi connectivity index (χ1v) is 8.44. The Bertz CT molecular complexity index is 618. The van der Waals surface area contributed by atoms with Crippen LogP contribution in [0, 0.1) is 0 Å². The van der Waals surface area contributed by atoms with Gasteiger partial charge in [0.05, 0.1) is 12.8 Å². The fourth-order valence-corrected chi connectivity index (χ4v) is 3.41. The molecule has 23 heavy (non-hydrogen) atoms. The summed E-state index contributed by atoms with van der Waals surface area (Å²) >= 11 is 1.32. The summed E-state index contributed by atoms with van der Waals surface area (Å²) < 4.78 is 5.16. The molecule has 0 spiro atoms. The number of ether oxygens (including phenoxy) is 1. The third-order valence-electron chi connectivity index (χ3n) is 3.30. The Balaban J connectivity index is 2.17. The molecule has 1 atom stereocenters. The largest absolute Gasteiger partial charge is 0.497 e.